The second-order valence-corrected chi connectivity index (χ2v) is 7.77. The predicted molar refractivity (Wildman–Crippen MR) is 107 cm³/mol. The molecule has 1 saturated carbocycles. The van der Waals surface area contributed by atoms with Crippen molar-refractivity contribution in [1.29, 1.82) is 0 Å². The van der Waals surface area contributed by atoms with Crippen molar-refractivity contribution < 1.29 is 14.4 Å². The Bertz CT molecular complexity index is 778. The maximum Gasteiger partial charge on any atom is 0.325 e. The van der Waals surface area contributed by atoms with Gasteiger partial charge in [0.2, 0.25) is 5.91 Å². The minimum atomic E-state index is -0.823. The lowest BCUT2D eigenvalue weighted by molar-refractivity contribution is -0.137. The van der Waals surface area contributed by atoms with Gasteiger partial charge in [0.1, 0.15) is 11.6 Å². The molecule has 7 nitrogen and oxygen atoms in total. The summed E-state index contributed by atoms with van der Waals surface area (Å²) in [5.74, 6) is -0.563. The van der Waals surface area contributed by atoms with Crippen molar-refractivity contribution in [1.82, 2.24) is 20.9 Å². The van der Waals surface area contributed by atoms with Crippen molar-refractivity contribution in [3.05, 3.63) is 35.4 Å². The molecule has 2 fully saturated rings. The van der Waals surface area contributed by atoms with E-state index in [0.29, 0.717) is 19.4 Å². The van der Waals surface area contributed by atoms with E-state index in [1.807, 2.05) is 12.1 Å². The van der Waals surface area contributed by atoms with Crippen LogP contribution in [0.5, 0.6) is 0 Å². The van der Waals surface area contributed by atoms with Crippen LogP contribution in [0.2, 0.25) is 0 Å². The lowest BCUT2D eigenvalue weighted by Gasteiger charge is -2.28. The number of hydrogen-bond acceptors (Lipinski definition) is 4. The molecule has 0 radical (unpaired) electrons. The van der Waals surface area contributed by atoms with Gasteiger partial charge in [-0.25, -0.2) is 9.69 Å². The molecule has 1 saturated heterocycles. The quantitative estimate of drug-likeness (QED) is 0.663. The first-order valence-corrected chi connectivity index (χ1v) is 9.76. The molecule has 3 N–H and O–H groups in total. The highest BCUT2D eigenvalue weighted by Crippen LogP contribution is 2.35. The average Bonchev–Trinajstić information content (AvgIpc) is 3.24. The van der Waals surface area contributed by atoms with Crippen LogP contribution in [0, 0.1) is 0 Å². The number of nitrogens with one attached hydrogen (secondary N) is 3. The van der Waals surface area contributed by atoms with Gasteiger partial charge in [0, 0.05) is 12.6 Å². The zero-order valence-corrected chi connectivity index (χ0v) is 16.8. The van der Waals surface area contributed by atoms with E-state index in [0.717, 1.165) is 30.7 Å². The Morgan fingerprint density at radius 3 is 2.75 bits per heavy atom. The Morgan fingerprint density at radius 1 is 1.29 bits per heavy atom. The minimum Gasteiger partial charge on any atom is -0.352 e. The number of fused-ring (bicyclic) bond motifs is 1. The zero-order chi connectivity index (χ0) is 19.0. The van der Waals surface area contributed by atoms with Gasteiger partial charge in [-0.1, -0.05) is 37.1 Å². The predicted octanol–water partition coefficient (Wildman–Crippen LogP) is 1.66. The standard InChI is InChI=1S/C20H26N4O3.ClH/c1-13(24-18(26)20(23-19(24)27)9-4-5-10-20)17(25)22-12-16-15-7-3-2-6-14(15)8-11-21-16;/h2-3,6-7,13,16,21H,4-5,8-12H2,1H3,(H,22,25)(H,23,27);1H. The van der Waals surface area contributed by atoms with Crippen LogP contribution in [0.1, 0.15) is 49.8 Å². The van der Waals surface area contributed by atoms with E-state index >= 15 is 0 Å². The van der Waals surface area contributed by atoms with Gasteiger partial charge in [-0.2, -0.15) is 0 Å². The molecule has 4 amide bonds. The number of carbonyl (C=O) groups excluding carboxylic acids is 3. The lowest BCUT2D eigenvalue weighted by Crippen LogP contribution is -2.51. The molecule has 0 bridgehead atoms. The van der Waals surface area contributed by atoms with Crippen LogP contribution in [0.25, 0.3) is 0 Å². The molecule has 2 atom stereocenters. The molecule has 2 aliphatic heterocycles. The summed E-state index contributed by atoms with van der Waals surface area (Å²) in [6.45, 7) is 2.90. The van der Waals surface area contributed by atoms with Crippen molar-refractivity contribution >= 4 is 30.3 Å². The highest BCUT2D eigenvalue weighted by Gasteiger charge is 2.54. The Balaban J connectivity index is 0.00000225. The molecular formula is C20H27ClN4O3. The summed E-state index contributed by atoms with van der Waals surface area (Å²) < 4.78 is 0. The van der Waals surface area contributed by atoms with E-state index in [2.05, 4.69) is 28.1 Å². The third kappa shape index (κ3) is 3.49. The molecule has 152 valence electrons. The SMILES string of the molecule is CC(C(=O)NCC1NCCc2ccccc21)N1C(=O)NC2(CCCC2)C1=O.Cl. The van der Waals surface area contributed by atoms with Gasteiger partial charge in [0.25, 0.3) is 5.91 Å². The van der Waals surface area contributed by atoms with Crippen molar-refractivity contribution in [2.24, 2.45) is 0 Å². The largest absolute Gasteiger partial charge is 0.352 e. The zero-order valence-electron chi connectivity index (χ0n) is 16.0. The summed E-state index contributed by atoms with van der Waals surface area (Å²) in [7, 11) is 0. The van der Waals surface area contributed by atoms with Crippen molar-refractivity contribution in [2.45, 2.75) is 56.7 Å². The Labute approximate surface area is 171 Å². The van der Waals surface area contributed by atoms with Gasteiger partial charge in [-0.15, -0.1) is 12.4 Å². The molecule has 1 aromatic rings. The molecule has 1 aromatic carbocycles. The second-order valence-electron chi connectivity index (χ2n) is 7.77. The van der Waals surface area contributed by atoms with E-state index in [1.165, 1.54) is 11.1 Å². The van der Waals surface area contributed by atoms with Gasteiger partial charge in [-0.3, -0.25) is 9.59 Å². The molecule has 28 heavy (non-hydrogen) atoms. The van der Waals surface area contributed by atoms with Crippen molar-refractivity contribution in [3.8, 4) is 0 Å². The normalized spacial score (nSPS) is 23.8. The van der Waals surface area contributed by atoms with Crippen LogP contribution in [0.15, 0.2) is 24.3 Å². The molecule has 2 heterocycles. The second kappa shape index (κ2) is 8.09. The smallest absolute Gasteiger partial charge is 0.325 e. The monoisotopic (exact) mass is 406 g/mol. The summed E-state index contributed by atoms with van der Waals surface area (Å²) in [6.07, 6.45) is 4.14. The number of imide groups is 1. The number of hydrogen-bond donors (Lipinski definition) is 3. The maximum atomic E-state index is 12.8. The van der Waals surface area contributed by atoms with Crippen LogP contribution >= 0.6 is 12.4 Å². The van der Waals surface area contributed by atoms with Gasteiger partial charge in [0.15, 0.2) is 0 Å². The third-order valence-electron chi connectivity index (χ3n) is 6.11. The highest BCUT2D eigenvalue weighted by atomic mass is 35.5. The van der Waals surface area contributed by atoms with E-state index in [-0.39, 0.29) is 30.3 Å². The number of nitrogens with zero attached hydrogens (tertiary/aromatic N) is 1. The molecule has 4 rings (SSSR count). The first-order chi connectivity index (χ1) is 13.0. The van der Waals surface area contributed by atoms with Gasteiger partial charge in [0.05, 0.1) is 0 Å². The highest BCUT2D eigenvalue weighted by molar-refractivity contribution is 6.09. The Hall–Kier alpha value is -2.12. The van der Waals surface area contributed by atoms with Gasteiger partial charge < -0.3 is 16.0 Å². The number of rotatable bonds is 4. The summed E-state index contributed by atoms with van der Waals surface area (Å²) in [5, 5.41) is 9.16. The topological polar surface area (TPSA) is 90.5 Å². The summed E-state index contributed by atoms with van der Waals surface area (Å²) in [4.78, 5) is 38.9. The summed E-state index contributed by atoms with van der Waals surface area (Å²) in [5.41, 5.74) is 1.70. The number of carbonyl (C=O) groups is 3. The summed E-state index contributed by atoms with van der Waals surface area (Å²) in [6, 6.07) is 6.97. The molecule has 0 aromatic heterocycles. The number of urea groups is 1. The average molecular weight is 407 g/mol. The molecule has 8 heteroatoms. The van der Waals surface area contributed by atoms with E-state index in [9.17, 15) is 14.4 Å². The fourth-order valence-electron chi connectivity index (χ4n) is 4.55. The van der Waals surface area contributed by atoms with E-state index in [4.69, 9.17) is 0 Å². The molecule has 1 aliphatic carbocycles. The van der Waals surface area contributed by atoms with Crippen LogP contribution in [-0.4, -0.2) is 47.4 Å². The third-order valence-corrected chi connectivity index (χ3v) is 6.11. The van der Waals surface area contributed by atoms with Gasteiger partial charge in [-0.05, 0) is 43.9 Å². The van der Waals surface area contributed by atoms with E-state index < -0.39 is 17.6 Å². The van der Waals surface area contributed by atoms with Crippen LogP contribution in [0.3, 0.4) is 0 Å². The van der Waals surface area contributed by atoms with Crippen LogP contribution in [-0.2, 0) is 16.0 Å². The number of halogens is 1. The van der Waals surface area contributed by atoms with Crippen LogP contribution < -0.4 is 16.0 Å². The van der Waals surface area contributed by atoms with Gasteiger partial charge >= 0.3 is 6.03 Å². The lowest BCUT2D eigenvalue weighted by atomic mass is 9.94. The molecular weight excluding hydrogens is 380 g/mol. The fourth-order valence-corrected chi connectivity index (χ4v) is 4.55. The molecule has 1 spiro atoms. The maximum absolute atomic E-state index is 12.8. The Kier molecular flexibility index (Phi) is 5.95. The van der Waals surface area contributed by atoms with Crippen LogP contribution in [0.4, 0.5) is 4.79 Å². The van der Waals surface area contributed by atoms with E-state index in [1.54, 1.807) is 6.92 Å². The summed E-state index contributed by atoms with van der Waals surface area (Å²) >= 11 is 0. The minimum absolute atomic E-state index is 0. The first-order valence-electron chi connectivity index (χ1n) is 9.76. The van der Waals surface area contributed by atoms with Crippen molar-refractivity contribution in [2.75, 3.05) is 13.1 Å². The first kappa shape index (κ1) is 20.6. The Morgan fingerprint density at radius 2 is 2.00 bits per heavy atom. The number of benzene rings is 1. The molecule has 3 aliphatic rings. The molecule has 2 unspecified atom stereocenters. The van der Waals surface area contributed by atoms with Crippen molar-refractivity contribution in [3.63, 3.8) is 0 Å². The number of amides is 4. The fraction of sp³-hybridized carbons (Fsp3) is 0.550.